The fourth-order valence-corrected chi connectivity index (χ4v) is 10.5. The number of nitrogens with zero attached hydrogens (tertiary/aromatic N) is 4. The van der Waals surface area contributed by atoms with E-state index in [9.17, 15) is 27.9 Å². The Kier molecular flexibility index (Phi) is 11.5. The van der Waals surface area contributed by atoms with Gasteiger partial charge in [0.05, 0.1) is 23.5 Å². The Morgan fingerprint density at radius 2 is 1.87 bits per heavy atom. The molecule has 7 atom stereocenters. The molecule has 3 fully saturated rings. The predicted octanol–water partition coefficient (Wildman–Crippen LogP) is 5.47. The van der Waals surface area contributed by atoms with E-state index in [0.717, 1.165) is 24.9 Å². The van der Waals surface area contributed by atoms with Crippen molar-refractivity contribution in [1.82, 2.24) is 24.8 Å². The molecule has 0 spiro atoms. The number of hydrogen-bond acceptors (Lipinski definition) is 10. The zero-order valence-corrected chi connectivity index (χ0v) is 36.7. The molecule has 334 valence electrons. The first-order chi connectivity index (χ1) is 28.5. The summed E-state index contributed by atoms with van der Waals surface area (Å²) in [6.45, 7) is 8.97. The van der Waals surface area contributed by atoms with Crippen molar-refractivity contribution in [3.63, 3.8) is 0 Å². The number of rotatable bonds is 9. The minimum atomic E-state index is -4.09. The molecule has 0 radical (unpaired) electrons. The minimum Gasteiger partial charge on any atom is -0.489 e. The first-order valence-corrected chi connectivity index (χ1v) is 22.7. The molecule has 18 heteroatoms. The Labute approximate surface area is 355 Å². The highest BCUT2D eigenvalue weighted by atomic mass is 32.2. The highest BCUT2D eigenvalue weighted by Crippen LogP contribution is 2.48. The summed E-state index contributed by atoms with van der Waals surface area (Å²) in [5.41, 5.74) is -3.16. The zero-order valence-electron chi connectivity index (χ0n) is 35.9. The van der Waals surface area contributed by atoms with E-state index in [1.165, 1.54) is 4.90 Å². The SMILES string of the molecule is CC[C@@H]1C[C@@H](C)CCC=C[C@@H]2C[C@@]2(C(=O)NS(=O)(=O)C2(C)CC2)NC(=O)[C@@H]2C[C@@H](Oc3nccc4c5c(ccc34)N(C)CCO5)CN2C(=O)[C@H]1N(C(=O)O)C(C)(C)C(C)(F)F. The summed E-state index contributed by atoms with van der Waals surface area (Å²) in [4.78, 5) is 65.7. The van der Waals surface area contributed by atoms with Crippen LogP contribution in [0.25, 0.3) is 10.8 Å². The molecule has 5 aliphatic rings. The maximum absolute atomic E-state index is 15.5. The van der Waals surface area contributed by atoms with Gasteiger partial charge < -0.3 is 29.7 Å². The first-order valence-electron chi connectivity index (χ1n) is 21.2. The molecule has 1 aromatic carbocycles. The van der Waals surface area contributed by atoms with Crippen molar-refractivity contribution < 1.29 is 51.0 Å². The molecule has 1 saturated heterocycles. The second kappa shape index (κ2) is 15.9. The van der Waals surface area contributed by atoms with E-state index in [2.05, 4.69) is 19.9 Å². The van der Waals surface area contributed by atoms with Gasteiger partial charge in [-0.3, -0.25) is 24.0 Å². The number of alkyl halides is 2. The largest absolute Gasteiger partial charge is 0.489 e. The van der Waals surface area contributed by atoms with Crippen LogP contribution in [0.1, 0.15) is 92.9 Å². The third-order valence-electron chi connectivity index (χ3n) is 13.9. The molecular weight excluding hydrogens is 815 g/mol. The van der Waals surface area contributed by atoms with Gasteiger partial charge in [-0.05, 0) is 89.3 Å². The van der Waals surface area contributed by atoms with Crippen LogP contribution in [0.2, 0.25) is 0 Å². The highest BCUT2D eigenvalue weighted by Gasteiger charge is 2.63. The summed E-state index contributed by atoms with van der Waals surface area (Å²) >= 11 is 0. The van der Waals surface area contributed by atoms with E-state index in [0.29, 0.717) is 68.2 Å². The lowest BCUT2D eigenvalue weighted by atomic mass is 9.81. The van der Waals surface area contributed by atoms with Crippen molar-refractivity contribution in [3.05, 3.63) is 36.5 Å². The lowest BCUT2D eigenvalue weighted by Gasteiger charge is -2.47. The van der Waals surface area contributed by atoms with E-state index in [1.807, 2.05) is 32.2 Å². The van der Waals surface area contributed by atoms with Crippen LogP contribution in [0.5, 0.6) is 11.6 Å². The Bertz CT molecular complexity index is 2230. The lowest BCUT2D eigenvalue weighted by Crippen LogP contribution is -2.67. The van der Waals surface area contributed by atoms with Crippen LogP contribution in [0.3, 0.4) is 0 Å². The van der Waals surface area contributed by atoms with Crippen LogP contribution in [0.15, 0.2) is 36.5 Å². The summed E-state index contributed by atoms with van der Waals surface area (Å²) in [5, 5.41) is 14.9. The molecule has 2 saturated carbocycles. The van der Waals surface area contributed by atoms with Gasteiger partial charge in [0, 0.05) is 43.3 Å². The number of carbonyl (C=O) groups excluding carboxylic acids is 3. The second-order valence-electron chi connectivity index (χ2n) is 18.6. The van der Waals surface area contributed by atoms with Crippen molar-refractivity contribution in [2.75, 3.05) is 31.6 Å². The summed E-state index contributed by atoms with van der Waals surface area (Å²) < 4.78 is 71.3. The first kappa shape index (κ1) is 44.3. The fourth-order valence-electron chi connectivity index (χ4n) is 9.14. The Balaban J connectivity index is 1.30. The van der Waals surface area contributed by atoms with Gasteiger partial charge >= 0.3 is 6.09 Å². The van der Waals surface area contributed by atoms with Crippen LogP contribution in [0, 0.1) is 17.8 Å². The van der Waals surface area contributed by atoms with Crippen LogP contribution in [0.4, 0.5) is 19.3 Å². The smallest absolute Gasteiger partial charge is 0.408 e. The lowest BCUT2D eigenvalue weighted by molar-refractivity contribution is -0.157. The van der Waals surface area contributed by atoms with Crippen LogP contribution in [-0.4, -0.2) is 119 Å². The maximum Gasteiger partial charge on any atom is 0.408 e. The van der Waals surface area contributed by atoms with Gasteiger partial charge in [0.25, 0.3) is 11.8 Å². The van der Waals surface area contributed by atoms with Crippen LogP contribution >= 0.6 is 0 Å². The average Bonchev–Trinajstić information content (AvgIpc) is 4.07. The van der Waals surface area contributed by atoms with Crippen molar-refractivity contribution in [2.24, 2.45) is 17.8 Å². The molecule has 15 nitrogen and oxygen atoms in total. The summed E-state index contributed by atoms with van der Waals surface area (Å²) in [7, 11) is -2.14. The van der Waals surface area contributed by atoms with Gasteiger partial charge in [0.1, 0.15) is 35.9 Å². The van der Waals surface area contributed by atoms with E-state index in [4.69, 9.17) is 9.47 Å². The number of likely N-dealkylation sites (N-methyl/N-ethyl adjacent to an activating group) is 1. The molecule has 3 N–H and O–H groups in total. The molecule has 4 heterocycles. The normalized spacial score (nSPS) is 29.2. The average molecular weight is 873 g/mol. The van der Waals surface area contributed by atoms with E-state index in [1.54, 1.807) is 32.2 Å². The monoisotopic (exact) mass is 872 g/mol. The molecule has 4 amide bonds. The zero-order chi connectivity index (χ0) is 44.4. The Morgan fingerprint density at radius 3 is 2.52 bits per heavy atom. The fraction of sp³-hybridized carbons (Fsp3) is 0.651. The van der Waals surface area contributed by atoms with Gasteiger partial charge in [-0.2, -0.15) is 0 Å². The number of benzene rings is 1. The molecule has 2 aliphatic carbocycles. The van der Waals surface area contributed by atoms with Gasteiger partial charge in [-0.25, -0.2) is 27.0 Å². The number of anilines is 1. The number of hydrogen-bond donors (Lipinski definition) is 3. The molecule has 7 rings (SSSR count). The van der Waals surface area contributed by atoms with Crippen molar-refractivity contribution in [1.29, 1.82) is 0 Å². The predicted molar refractivity (Wildman–Crippen MR) is 223 cm³/mol. The standard InChI is InChI=1S/C43H58F2N6O9S/c1-8-26-21-25(2)11-9-10-12-27-23-43(27,38(54)48-61(57,58)41(5)16-17-41)47-35(52)32-22-28(24-50(32)37(53)33(26)51(39(55)56)40(3,4)42(6,44)45)60-36-30-13-14-31-34(29(30)15-18-46-36)59-20-19-49(31)7/h10,12-15,18,25-28,32-33H,8-9,11,16-17,19-24H2,1-7H3,(H,47,52)(H,48,54)(H,55,56)/t25-,26+,27+,28+,32-,33-,43+/m0/s1. The maximum atomic E-state index is 15.5. The number of carboxylic acid groups (broad SMARTS) is 1. The third-order valence-corrected chi connectivity index (χ3v) is 16.1. The summed E-state index contributed by atoms with van der Waals surface area (Å²) in [5.74, 6) is -6.70. The van der Waals surface area contributed by atoms with Gasteiger partial charge in [0.2, 0.25) is 27.7 Å². The van der Waals surface area contributed by atoms with Crippen molar-refractivity contribution in [2.45, 2.75) is 133 Å². The number of nitrogens with one attached hydrogen (secondary N) is 2. The number of ether oxygens (including phenoxy) is 2. The van der Waals surface area contributed by atoms with Crippen LogP contribution in [-0.2, 0) is 24.4 Å². The number of amides is 4. The summed E-state index contributed by atoms with van der Waals surface area (Å²) in [6.07, 6.45) is 4.99. The number of halogens is 2. The molecule has 2 aromatic rings. The number of sulfonamides is 1. The molecule has 1 aromatic heterocycles. The molecular formula is C43H58F2N6O9S. The number of fused-ring (bicyclic) bond motifs is 5. The van der Waals surface area contributed by atoms with E-state index < -0.39 is 85.6 Å². The Hall–Kier alpha value is -4.74. The number of carbonyl (C=O) groups is 4. The van der Waals surface area contributed by atoms with Crippen LogP contribution < -0.4 is 24.4 Å². The number of aromatic nitrogens is 1. The number of pyridine rings is 1. The van der Waals surface area contributed by atoms with Gasteiger partial charge in [0.15, 0.2) is 5.75 Å². The van der Waals surface area contributed by atoms with Crippen molar-refractivity contribution >= 4 is 50.3 Å². The topological polar surface area (TPSA) is 188 Å². The van der Waals surface area contributed by atoms with E-state index >= 15 is 13.6 Å². The quantitative estimate of drug-likeness (QED) is 0.271. The number of allylic oxidation sites excluding steroid dienone is 1. The summed E-state index contributed by atoms with van der Waals surface area (Å²) in [6, 6.07) is 2.50. The molecule has 3 aliphatic heterocycles. The van der Waals surface area contributed by atoms with Gasteiger partial charge in [-0.1, -0.05) is 32.4 Å². The molecule has 0 bridgehead atoms. The Morgan fingerprint density at radius 1 is 1.15 bits per heavy atom. The van der Waals surface area contributed by atoms with Crippen molar-refractivity contribution in [3.8, 4) is 11.6 Å². The molecule has 0 unspecified atom stereocenters. The third kappa shape index (κ3) is 8.08. The van der Waals surface area contributed by atoms with E-state index in [-0.39, 0.29) is 37.6 Å². The highest BCUT2D eigenvalue weighted by molar-refractivity contribution is 7.91. The minimum absolute atomic E-state index is 0.0928. The van der Waals surface area contributed by atoms with Gasteiger partial charge in [-0.15, -0.1) is 0 Å². The second-order valence-corrected chi connectivity index (χ2v) is 20.8. The molecule has 61 heavy (non-hydrogen) atoms.